The first-order valence-electron chi connectivity index (χ1n) is 7.64. The van der Waals surface area contributed by atoms with Gasteiger partial charge in [-0.2, -0.15) is 0 Å². The van der Waals surface area contributed by atoms with Gasteiger partial charge in [0.2, 0.25) is 0 Å². The van der Waals surface area contributed by atoms with Gasteiger partial charge in [-0.25, -0.2) is 0 Å². The molecule has 0 aromatic heterocycles. The summed E-state index contributed by atoms with van der Waals surface area (Å²) in [6.45, 7) is 0. The summed E-state index contributed by atoms with van der Waals surface area (Å²) in [5, 5.41) is 32.2. The average Bonchev–Trinajstić information content (AvgIpc) is 2.40. The van der Waals surface area contributed by atoms with Gasteiger partial charge in [-0.15, -0.1) is 0 Å². The van der Waals surface area contributed by atoms with Gasteiger partial charge in [0.1, 0.15) is 0 Å². The Balaban J connectivity index is -0.0000000571. The summed E-state index contributed by atoms with van der Waals surface area (Å²) in [5.41, 5.74) is 22.3. The van der Waals surface area contributed by atoms with Crippen molar-refractivity contribution in [3.63, 3.8) is 0 Å². The van der Waals surface area contributed by atoms with Crippen LogP contribution >= 0.6 is 0 Å². The predicted octanol–water partition coefficient (Wildman–Crippen LogP) is -9.23. The van der Waals surface area contributed by atoms with E-state index < -0.39 is 0 Å². The van der Waals surface area contributed by atoms with Crippen molar-refractivity contribution in [1.82, 2.24) is 0 Å². The number of hydrogen-bond acceptors (Lipinski definition) is 8. The summed E-state index contributed by atoms with van der Waals surface area (Å²) in [4.78, 5) is 0. The molecule has 0 aromatic rings. The van der Waals surface area contributed by atoms with Gasteiger partial charge in [0.25, 0.3) is 0 Å². The smallest absolute Gasteiger partial charge is 1.00 e. The van der Waals surface area contributed by atoms with Crippen molar-refractivity contribution in [2.45, 2.75) is 74.9 Å². The van der Waals surface area contributed by atoms with E-state index in [9.17, 15) is 0 Å². The van der Waals surface area contributed by atoms with Crippen LogP contribution in [0.2, 0.25) is 0 Å². The molecule has 169 valence electrons. The summed E-state index contributed by atoms with van der Waals surface area (Å²) in [6.07, 6.45) is 4.06. The maximum atomic E-state index is 9.09. The first-order valence-corrected chi connectivity index (χ1v) is 7.64. The largest absolute Gasteiger partial charge is 2.00 e. The molecule has 0 heterocycles. The van der Waals surface area contributed by atoms with Gasteiger partial charge in [-0.05, 0) is 38.5 Å². The van der Waals surface area contributed by atoms with Gasteiger partial charge in [0.15, 0.2) is 0 Å². The molecule has 14 N–H and O–H groups in total. The maximum absolute atomic E-state index is 9.09. The van der Waals surface area contributed by atoms with E-state index in [1.807, 2.05) is 0 Å². The molecule has 0 aromatic carbocycles. The van der Waals surface area contributed by atoms with E-state index in [1.165, 1.54) is 0 Å². The topological polar surface area (TPSA) is 216 Å². The Labute approximate surface area is 165 Å². The van der Waals surface area contributed by atoms with Crippen LogP contribution in [0.15, 0.2) is 0 Å². The number of rotatable bonds is 0. The zero-order valence-corrected chi connectivity index (χ0v) is 16.3. The summed E-state index contributed by atoms with van der Waals surface area (Å²) in [6, 6.07) is 0.458. The Bertz CT molecular complexity index is 193. The molecule has 0 amide bonds. The average molecular weight is 444 g/mol. The van der Waals surface area contributed by atoms with Crippen LogP contribution in [0.25, 0.3) is 0 Å². The summed E-state index contributed by atoms with van der Waals surface area (Å²) in [7, 11) is 2.00. The fraction of sp³-hybridized carbons (Fsp3) is 1.00. The van der Waals surface area contributed by atoms with Crippen LogP contribution in [-0.2, 0) is 17.1 Å². The molecule has 0 spiro atoms. The van der Waals surface area contributed by atoms with Gasteiger partial charge < -0.3 is 58.2 Å². The van der Waals surface area contributed by atoms with Gasteiger partial charge in [-0.1, -0.05) is 0 Å². The summed E-state index contributed by atoms with van der Waals surface area (Å²) >= 11 is 0. The molecular weight excluding hydrogens is 406 g/mol. The van der Waals surface area contributed by atoms with Crippen molar-refractivity contribution in [1.29, 1.82) is 0 Å². The molecule has 6 atom stereocenters. The van der Waals surface area contributed by atoms with E-state index >= 15 is 0 Å². The Morgan fingerprint density at radius 3 is 0.808 bits per heavy atom. The molecule has 9 nitrogen and oxygen atoms in total. The molecule has 1 radical (unpaired) electrons. The molecule has 0 aliphatic heterocycles. The monoisotopic (exact) mass is 443 g/mol. The van der Waals surface area contributed by atoms with Gasteiger partial charge in [-0.3, -0.25) is 0 Å². The van der Waals surface area contributed by atoms with E-state index in [2.05, 4.69) is 0 Å². The fourth-order valence-electron chi connectivity index (χ4n) is 2.75. The van der Waals surface area contributed by atoms with Crippen molar-refractivity contribution < 1.29 is 52.4 Å². The van der Waals surface area contributed by atoms with Crippen LogP contribution in [0.3, 0.4) is 0 Å². The third-order valence-electron chi connectivity index (χ3n) is 3.51. The van der Waals surface area contributed by atoms with Crippen LogP contribution < -0.4 is 32.3 Å². The molecule has 2 saturated carbocycles. The third-order valence-corrected chi connectivity index (χ3v) is 3.51. The molecule has 2 rings (SSSR count). The summed E-state index contributed by atoms with van der Waals surface area (Å²) < 4.78 is 0. The molecule has 2 fully saturated rings. The minimum absolute atomic E-state index is 0. The zero-order valence-electron chi connectivity index (χ0n) is 15.4. The van der Waals surface area contributed by atoms with Crippen LogP contribution in [0.1, 0.15) is 38.5 Å². The number of aliphatic hydroxyl groups excluding tert-OH is 4. The molecule has 2 aliphatic rings. The minimum atomic E-state index is -0.260. The Hall–Kier alpha value is 0.0195. The number of halogens is 2. The van der Waals surface area contributed by atoms with Crippen LogP contribution in [0.4, 0.5) is 0 Å². The molecule has 2 unspecified atom stereocenters. The molecule has 0 bridgehead atoms. The molecular formula is C14H38CuF2N4O5. The van der Waals surface area contributed by atoms with Gasteiger partial charge in [0.05, 0.1) is 12.2 Å². The molecule has 12 heteroatoms. The fourth-order valence-corrected chi connectivity index (χ4v) is 2.75. The number of nitrogens with two attached hydrogens (primary N) is 4. The minimum Gasteiger partial charge on any atom is -1.00 e. The van der Waals surface area contributed by atoms with E-state index in [1.54, 1.807) is 0 Å². The molecule has 26 heavy (non-hydrogen) atoms. The van der Waals surface area contributed by atoms with Crippen molar-refractivity contribution in [3.8, 4) is 0 Å². The second kappa shape index (κ2) is 25.0. The van der Waals surface area contributed by atoms with Crippen LogP contribution in [0, 0.1) is 0 Å². The number of hydrogen-bond donors (Lipinski definition) is 8. The first kappa shape index (κ1) is 40.6. The third kappa shape index (κ3) is 22.1. The van der Waals surface area contributed by atoms with E-state index in [-0.39, 0.29) is 68.3 Å². The van der Waals surface area contributed by atoms with Gasteiger partial charge >= 0.3 is 17.1 Å². The van der Waals surface area contributed by atoms with Crippen molar-refractivity contribution in [3.05, 3.63) is 0 Å². The second-order valence-corrected chi connectivity index (χ2v) is 5.76. The Morgan fingerprint density at radius 2 is 0.692 bits per heavy atom. The maximum Gasteiger partial charge on any atom is 2.00 e. The van der Waals surface area contributed by atoms with Crippen molar-refractivity contribution in [2.24, 2.45) is 22.9 Å². The standard InChI is InChI=1S/2C6H14N2O.2CH4O.Cu.2FH.H2O/c2*7-4-1-5(8)3-6(9)2-4;2*1-2;;;;/h2*4-6,9H,1-3,7-8H2;2*2H,1H3;;2*1H;1H2/q;;;;+2;;;/p-2/t2*4-,5+,6?;;;;;;. The SMILES string of the molecule is CO.CO.N[C@@H]1CC(O)C[C@H](N)C1.N[C@@H]1CC(O)C[C@H](N)C1.O.[Cu+2].[F-].[F-]. The molecule has 2 aliphatic carbocycles. The van der Waals surface area contributed by atoms with E-state index in [0.29, 0.717) is 25.7 Å². The summed E-state index contributed by atoms with van der Waals surface area (Å²) in [5.74, 6) is 0. The normalized spacial score (nSPS) is 31.6. The second-order valence-electron chi connectivity index (χ2n) is 5.76. The van der Waals surface area contributed by atoms with Crippen molar-refractivity contribution in [2.75, 3.05) is 14.2 Å². The van der Waals surface area contributed by atoms with E-state index in [4.69, 9.17) is 43.4 Å². The quantitative estimate of drug-likeness (QED) is 0.168. The van der Waals surface area contributed by atoms with Crippen LogP contribution in [-0.4, -0.2) is 76.5 Å². The van der Waals surface area contributed by atoms with Crippen LogP contribution in [0.5, 0.6) is 0 Å². The number of aliphatic hydroxyl groups is 4. The Kier molecular flexibility index (Phi) is 39.1. The van der Waals surface area contributed by atoms with E-state index in [0.717, 1.165) is 27.1 Å². The molecule has 0 saturated heterocycles. The zero-order chi connectivity index (χ0) is 17.7. The first-order chi connectivity index (χ1) is 10.4. The predicted molar refractivity (Wildman–Crippen MR) is 91.5 cm³/mol. The van der Waals surface area contributed by atoms with Crippen molar-refractivity contribution >= 4 is 0 Å². The Morgan fingerprint density at radius 1 is 0.538 bits per heavy atom. The van der Waals surface area contributed by atoms with Gasteiger partial charge in [0, 0.05) is 38.4 Å².